The minimum atomic E-state index is -0.0432. The highest BCUT2D eigenvalue weighted by Crippen LogP contribution is 2.28. The first-order chi connectivity index (χ1) is 27.9. The molecule has 0 saturated carbocycles. The number of rotatable bonds is 9. The number of H-pyrrole nitrogens is 1. The number of hydrogen-bond donors (Lipinski definition) is 3. The molecule has 4 N–H and O–H groups in total. The Labute approximate surface area is 364 Å². The van der Waals surface area contributed by atoms with Crippen LogP contribution in [0.25, 0.3) is 0 Å². The lowest BCUT2D eigenvalue weighted by Gasteiger charge is -2.49. The molecule has 4 aliphatic rings. The van der Waals surface area contributed by atoms with Crippen molar-refractivity contribution in [1.82, 2.24) is 40.1 Å². The first kappa shape index (κ1) is 46.6. The summed E-state index contributed by atoms with van der Waals surface area (Å²) >= 11 is 13.8. The van der Waals surface area contributed by atoms with Crippen molar-refractivity contribution in [3.05, 3.63) is 69.7 Å². The van der Waals surface area contributed by atoms with Gasteiger partial charge in [0.15, 0.2) is 0 Å². The lowest BCUT2D eigenvalue weighted by Crippen LogP contribution is -2.61. The number of thioether (sulfide) groups is 1. The van der Waals surface area contributed by atoms with E-state index in [4.69, 9.17) is 34.2 Å². The zero-order valence-electron chi connectivity index (χ0n) is 35.4. The Morgan fingerprint density at radius 1 is 0.828 bits per heavy atom. The Hall–Kier alpha value is -2.45. The van der Waals surface area contributed by atoms with Crippen LogP contribution in [-0.4, -0.2) is 155 Å². The minimum absolute atomic E-state index is 0.0432. The molecule has 7 rings (SSSR count). The fourth-order valence-corrected chi connectivity index (χ4v) is 10.6. The highest BCUT2D eigenvalue weighted by Gasteiger charge is 2.37. The van der Waals surface area contributed by atoms with Crippen molar-refractivity contribution in [1.29, 1.82) is 5.26 Å². The van der Waals surface area contributed by atoms with Crippen molar-refractivity contribution >= 4 is 57.6 Å². The third-order valence-corrected chi connectivity index (χ3v) is 15.3. The van der Waals surface area contributed by atoms with E-state index < -0.39 is 0 Å². The number of anilines is 2. The Bertz CT molecular complexity index is 1720. The van der Waals surface area contributed by atoms with E-state index in [9.17, 15) is 0 Å². The molecule has 0 spiro atoms. The predicted octanol–water partition coefficient (Wildman–Crippen LogP) is 6.11. The third-order valence-electron chi connectivity index (χ3n) is 12.1. The van der Waals surface area contributed by atoms with Gasteiger partial charge in [0, 0.05) is 85.6 Å². The highest BCUT2D eigenvalue weighted by atomic mass is 35.5. The molecule has 0 radical (unpaired) electrons. The van der Waals surface area contributed by atoms with E-state index in [2.05, 4.69) is 102 Å². The summed E-state index contributed by atoms with van der Waals surface area (Å²) in [6, 6.07) is 20.4. The second-order valence-electron chi connectivity index (χ2n) is 16.4. The summed E-state index contributed by atoms with van der Waals surface area (Å²) in [5.74, 6) is 1.11. The molecular weight excluding hydrogens is 808 g/mol. The maximum absolute atomic E-state index is 8.04. The second-order valence-corrected chi connectivity index (χ2v) is 20.1. The van der Waals surface area contributed by atoms with Crippen LogP contribution in [0.5, 0.6) is 0 Å². The van der Waals surface area contributed by atoms with Crippen molar-refractivity contribution in [3.8, 4) is 6.19 Å². The summed E-state index contributed by atoms with van der Waals surface area (Å²) in [6.07, 6.45) is 12.8. The van der Waals surface area contributed by atoms with E-state index in [1.165, 1.54) is 43.6 Å². The number of nitrogen functional groups attached to an aromatic ring is 1. The molecule has 3 aromatic rings. The van der Waals surface area contributed by atoms with Crippen LogP contribution in [0.15, 0.2) is 52.9 Å². The molecule has 320 valence electrons. The Morgan fingerprint density at radius 3 is 1.74 bits per heavy atom. The van der Waals surface area contributed by atoms with Gasteiger partial charge in [-0.1, -0.05) is 58.2 Å². The van der Waals surface area contributed by atoms with Gasteiger partial charge in [-0.2, -0.15) is 26.4 Å². The van der Waals surface area contributed by atoms with Crippen molar-refractivity contribution in [2.24, 2.45) is 4.36 Å². The maximum Gasteiger partial charge on any atom is 0.246 e. The number of piperidine rings is 2. The SMILES string of the molecule is CSCS(C)=NC#N.C[C@H]1CN(C2CCN(c3n[nH]c(N)n3)CC2)C(Cc2ccc(Cl)cc2)CN1C.C[C@H]1CN(C2CCNCC2)C(Cc2ccc(Cl)cc2)CN1C. The number of nitrogens with zero attached hydrogens (tertiary/aromatic N) is 9. The Kier molecular flexibility index (Phi) is 18.9. The van der Waals surface area contributed by atoms with Crippen LogP contribution in [0.1, 0.15) is 50.7 Å². The largest absolute Gasteiger partial charge is 0.368 e. The molecule has 3 unspecified atom stereocenters. The van der Waals surface area contributed by atoms with Gasteiger partial charge in [-0.25, -0.2) is 5.10 Å². The van der Waals surface area contributed by atoms with Gasteiger partial charge in [-0.3, -0.25) is 9.80 Å². The first-order valence-electron chi connectivity index (χ1n) is 20.7. The quantitative estimate of drug-likeness (QED) is 0.215. The number of hydrogen-bond acceptors (Lipinski definition) is 12. The van der Waals surface area contributed by atoms with Gasteiger partial charge in [-0.15, -0.1) is 5.10 Å². The van der Waals surface area contributed by atoms with Crippen LogP contribution in [0.2, 0.25) is 10.0 Å². The topological polar surface area (TPSA) is 132 Å². The van der Waals surface area contributed by atoms with E-state index in [0.717, 1.165) is 85.5 Å². The average molecular weight is 874 g/mol. The molecule has 16 heteroatoms. The van der Waals surface area contributed by atoms with Crippen LogP contribution >= 0.6 is 35.0 Å². The van der Waals surface area contributed by atoms with E-state index in [1.54, 1.807) is 18.0 Å². The van der Waals surface area contributed by atoms with Gasteiger partial charge in [-0.05, 0) is 127 Å². The first-order valence-corrected chi connectivity index (χ1v) is 24.6. The minimum Gasteiger partial charge on any atom is -0.368 e. The van der Waals surface area contributed by atoms with Gasteiger partial charge >= 0.3 is 0 Å². The molecule has 4 fully saturated rings. The van der Waals surface area contributed by atoms with Gasteiger partial charge in [0.05, 0.1) is 5.08 Å². The second kappa shape index (κ2) is 23.5. The highest BCUT2D eigenvalue weighted by molar-refractivity contribution is 8.10. The fraction of sp³-hybridized carbons (Fsp3) is 0.643. The molecule has 0 bridgehead atoms. The van der Waals surface area contributed by atoms with Gasteiger partial charge < -0.3 is 25.8 Å². The molecule has 0 aliphatic carbocycles. The number of nitriles is 1. The number of likely N-dealkylation sites (N-methyl/N-ethyl adjacent to an activating group) is 2. The van der Waals surface area contributed by atoms with E-state index in [0.29, 0.717) is 36.2 Å². The number of benzene rings is 2. The molecule has 5 atom stereocenters. The van der Waals surface area contributed by atoms with Crippen molar-refractivity contribution in [2.45, 2.75) is 88.6 Å². The molecule has 1 aromatic heterocycles. The van der Waals surface area contributed by atoms with Crippen molar-refractivity contribution in [3.63, 3.8) is 0 Å². The van der Waals surface area contributed by atoms with Crippen LogP contribution < -0.4 is 16.0 Å². The fourth-order valence-electron chi connectivity index (χ4n) is 8.67. The number of nitrogens with one attached hydrogen (secondary N) is 2. The van der Waals surface area contributed by atoms with Crippen LogP contribution in [-0.2, 0) is 23.5 Å². The summed E-state index contributed by atoms with van der Waals surface area (Å²) in [5.41, 5.74) is 8.44. The molecule has 58 heavy (non-hydrogen) atoms. The van der Waals surface area contributed by atoms with E-state index >= 15 is 0 Å². The number of piperazine rings is 2. The zero-order valence-corrected chi connectivity index (χ0v) is 38.5. The summed E-state index contributed by atoms with van der Waals surface area (Å²) in [6.45, 7) is 13.5. The summed E-state index contributed by atoms with van der Waals surface area (Å²) < 4.78 is 3.63. The lowest BCUT2D eigenvalue weighted by molar-refractivity contribution is 0.0112. The van der Waals surface area contributed by atoms with Crippen molar-refractivity contribution in [2.75, 3.05) is 94.7 Å². The molecule has 12 nitrogen and oxygen atoms in total. The van der Waals surface area contributed by atoms with Gasteiger partial charge in [0.25, 0.3) is 0 Å². The lowest BCUT2D eigenvalue weighted by atomic mass is 9.94. The molecule has 4 saturated heterocycles. The average Bonchev–Trinajstić information content (AvgIpc) is 3.66. The van der Waals surface area contributed by atoms with E-state index in [1.807, 2.05) is 36.8 Å². The predicted molar refractivity (Wildman–Crippen MR) is 247 cm³/mol. The number of aromatic nitrogens is 3. The number of halogens is 2. The summed E-state index contributed by atoms with van der Waals surface area (Å²) in [7, 11) is 4.46. The normalized spacial score (nSPS) is 25.0. The third kappa shape index (κ3) is 14.1. The Balaban J connectivity index is 0.000000190. The maximum atomic E-state index is 8.04. The number of nitrogens with two attached hydrogens (primary N) is 1. The smallest absolute Gasteiger partial charge is 0.246 e. The van der Waals surface area contributed by atoms with Crippen LogP contribution in [0.3, 0.4) is 0 Å². The summed E-state index contributed by atoms with van der Waals surface area (Å²) in [5, 5.41) is 21.1. The molecular formula is C42H66Cl2N12S2. The van der Waals surface area contributed by atoms with E-state index in [-0.39, 0.29) is 10.7 Å². The molecule has 5 heterocycles. The molecule has 0 amide bonds. The monoisotopic (exact) mass is 872 g/mol. The Morgan fingerprint density at radius 2 is 1.31 bits per heavy atom. The molecule has 4 aliphatic heterocycles. The van der Waals surface area contributed by atoms with Crippen molar-refractivity contribution < 1.29 is 0 Å². The van der Waals surface area contributed by atoms with Gasteiger partial charge in [0.1, 0.15) is 0 Å². The van der Waals surface area contributed by atoms with Gasteiger partial charge in [0.2, 0.25) is 18.1 Å². The van der Waals surface area contributed by atoms with Crippen LogP contribution in [0, 0.1) is 11.5 Å². The standard InChI is InChI=1S/C20H30ClN7.C18H28ClN3.C4H8N2S2/c1-14-12-28(17-7-9-27(10-8-17)20-23-19(22)24-25-20)18(13-26(14)2)11-15-3-5-16(21)6-4-15;1-14-12-22(17-7-9-20-10-8-17)18(13-21(14)2)11-15-3-5-16(19)6-4-15;1-7-4-8(2)6-3-5/h3-6,14,17-18H,7-13H2,1-2H3,(H3,22,23,24,25);3-6,14,17-18,20H,7-13H2,1-2H3;4H2,1-2H3/t2*14-,18?;/m00./s1. The molecule has 2 aromatic carbocycles. The van der Waals surface area contributed by atoms with Crippen LogP contribution in [0.4, 0.5) is 11.9 Å². The summed E-state index contributed by atoms with van der Waals surface area (Å²) in [4.78, 5) is 17.1. The zero-order chi connectivity index (χ0) is 41.6. The number of aromatic amines is 1.